The van der Waals surface area contributed by atoms with E-state index in [0.717, 1.165) is 6.42 Å². The van der Waals surface area contributed by atoms with E-state index >= 15 is 0 Å². The lowest BCUT2D eigenvalue weighted by atomic mass is 9.65. The second kappa shape index (κ2) is 5.36. The first-order valence-corrected chi connectivity index (χ1v) is 7.39. The van der Waals surface area contributed by atoms with Crippen LogP contribution >= 0.6 is 0 Å². The van der Waals surface area contributed by atoms with Crippen LogP contribution < -0.4 is 0 Å². The zero-order valence-electron chi connectivity index (χ0n) is 12.9. The topological polar surface area (TPSA) is 35.5 Å². The lowest BCUT2D eigenvalue weighted by Crippen LogP contribution is -2.34. The summed E-state index contributed by atoms with van der Waals surface area (Å²) in [5.41, 5.74) is 1.06. The van der Waals surface area contributed by atoms with Crippen LogP contribution in [0.15, 0.2) is 24.8 Å². The molecule has 3 nitrogen and oxygen atoms in total. The molecule has 2 rings (SSSR count). The molecule has 0 spiro atoms. The summed E-state index contributed by atoms with van der Waals surface area (Å²) in [5, 5.41) is 0. The van der Waals surface area contributed by atoms with Crippen LogP contribution in [-0.4, -0.2) is 19.4 Å². The van der Waals surface area contributed by atoms with Gasteiger partial charge in [0.1, 0.15) is 0 Å². The van der Waals surface area contributed by atoms with E-state index in [1.807, 2.05) is 0 Å². The number of carbonyl (C=O) groups excluding carboxylic acids is 1. The Bertz CT molecular complexity index is 424. The first-order chi connectivity index (χ1) is 9.34. The fourth-order valence-electron chi connectivity index (χ4n) is 4.19. The highest BCUT2D eigenvalue weighted by Gasteiger charge is 2.62. The summed E-state index contributed by atoms with van der Waals surface area (Å²) in [6.07, 6.45) is 5.13. The van der Waals surface area contributed by atoms with Crippen LogP contribution in [0.5, 0.6) is 0 Å². The van der Waals surface area contributed by atoms with Crippen LogP contribution in [-0.2, 0) is 14.3 Å². The summed E-state index contributed by atoms with van der Waals surface area (Å²) in [5.74, 6) is 0.617. The highest BCUT2D eigenvalue weighted by atomic mass is 16.7. The first kappa shape index (κ1) is 15.3. The van der Waals surface area contributed by atoms with Crippen LogP contribution in [0.1, 0.15) is 40.0 Å². The van der Waals surface area contributed by atoms with Gasteiger partial charge in [0.25, 0.3) is 0 Å². The van der Waals surface area contributed by atoms with Crippen molar-refractivity contribution >= 4 is 5.97 Å². The van der Waals surface area contributed by atoms with Gasteiger partial charge in [0.05, 0.1) is 6.61 Å². The molecule has 112 valence electrons. The quantitative estimate of drug-likeness (QED) is 0.244. The Morgan fingerprint density at radius 1 is 1.40 bits per heavy atom. The van der Waals surface area contributed by atoms with Gasteiger partial charge in [-0.15, -0.1) is 6.58 Å². The lowest BCUT2D eigenvalue weighted by molar-refractivity contribution is -0.151. The molecule has 0 radical (unpaired) electrons. The fraction of sp³-hybridized carbons (Fsp3) is 0.706. The molecule has 0 amide bonds. The van der Waals surface area contributed by atoms with Crippen molar-refractivity contribution in [2.45, 2.75) is 40.0 Å². The summed E-state index contributed by atoms with van der Waals surface area (Å²) in [4.78, 5) is 12.1. The molecule has 2 aliphatic carbocycles. The van der Waals surface area contributed by atoms with Crippen LogP contribution in [0.25, 0.3) is 0 Å². The van der Waals surface area contributed by atoms with Gasteiger partial charge in [0.2, 0.25) is 0 Å². The van der Waals surface area contributed by atoms with Gasteiger partial charge < -0.3 is 9.47 Å². The molecule has 3 atom stereocenters. The number of hydrogen-bond acceptors (Lipinski definition) is 3. The number of fused-ring (bicyclic) bond motifs is 2. The maximum Gasteiger partial charge on any atom is 0.335 e. The highest BCUT2D eigenvalue weighted by molar-refractivity contribution is 5.88. The predicted molar refractivity (Wildman–Crippen MR) is 79.0 cm³/mol. The summed E-state index contributed by atoms with van der Waals surface area (Å²) >= 11 is 0. The Morgan fingerprint density at radius 3 is 2.60 bits per heavy atom. The third-order valence-electron chi connectivity index (χ3n) is 5.99. The van der Waals surface area contributed by atoms with Crippen molar-refractivity contribution in [3.8, 4) is 0 Å². The smallest absolute Gasteiger partial charge is 0.335 e. The van der Waals surface area contributed by atoms with E-state index in [-0.39, 0.29) is 29.5 Å². The average Bonchev–Trinajstić information content (AvgIpc) is 2.75. The normalized spacial score (nSPS) is 34.0. The second-order valence-electron chi connectivity index (χ2n) is 6.90. The van der Waals surface area contributed by atoms with E-state index in [9.17, 15) is 4.79 Å². The van der Waals surface area contributed by atoms with Gasteiger partial charge >= 0.3 is 5.97 Å². The van der Waals surface area contributed by atoms with E-state index in [0.29, 0.717) is 18.1 Å². The van der Waals surface area contributed by atoms with Crippen LogP contribution in [0.3, 0.4) is 0 Å². The minimum absolute atomic E-state index is 0.0276. The van der Waals surface area contributed by atoms with E-state index in [2.05, 4.69) is 33.9 Å². The Hall–Kier alpha value is -1.09. The number of ether oxygens (including phenoxy) is 2. The van der Waals surface area contributed by atoms with Gasteiger partial charge in [-0.3, -0.25) is 0 Å². The maximum absolute atomic E-state index is 12.1. The Kier molecular flexibility index (Phi) is 4.10. The maximum atomic E-state index is 12.1. The van der Waals surface area contributed by atoms with E-state index in [1.54, 1.807) is 6.08 Å². The van der Waals surface area contributed by atoms with Gasteiger partial charge in [0, 0.05) is 5.57 Å². The molecule has 0 saturated heterocycles. The molecule has 0 aromatic rings. The molecule has 2 bridgehead atoms. The van der Waals surface area contributed by atoms with E-state index in [1.165, 1.54) is 12.8 Å². The Morgan fingerprint density at radius 2 is 2.10 bits per heavy atom. The van der Waals surface area contributed by atoms with Crippen molar-refractivity contribution in [2.24, 2.45) is 22.7 Å². The molecule has 2 aliphatic rings. The molecule has 2 saturated carbocycles. The molecular formula is C17H26O3. The van der Waals surface area contributed by atoms with Gasteiger partial charge in [-0.2, -0.15) is 0 Å². The number of hydrogen-bond donors (Lipinski definition) is 0. The van der Waals surface area contributed by atoms with Gasteiger partial charge in [0.15, 0.2) is 6.79 Å². The summed E-state index contributed by atoms with van der Waals surface area (Å²) in [7, 11) is 0. The molecule has 0 aromatic heterocycles. The van der Waals surface area contributed by atoms with Crippen molar-refractivity contribution in [2.75, 3.05) is 13.4 Å². The van der Waals surface area contributed by atoms with Gasteiger partial charge in [-0.05, 0) is 41.9 Å². The monoisotopic (exact) mass is 278 g/mol. The lowest BCUT2D eigenvalue weighted by Gasteiger charge is -2.39. The van der Waals surface area contributed by atoms with Crippen LogP contribution in [0, 0.1) is 22.7 Å². The van der Waals surface area contributed by atoms with Crippen molar-refractivity contribution in [3.63, 3.8) is 0 Å². The summed E-state index contributed by atoms with van der Waals surface area (Å²) in [6.45, 7) is 14.9. The Labute approximate surface area is 122 Å². The minimum atomic E-state index is -0.316. The third-order valence-corrected chi connectivity index (χ3v) is 5.99. The fourth-order valence-corrected chi connectivity index (χ4v) is 4.19. The standard InChI is InChI=1S/C17H26O3/c1-6-9-19-11-20-15(18)12(2)14-10-13-7-8-17(14,5)16(13,3)4/h6,13-14H,1-2,7-11H2,3-5H3. The van der Waals surface area contributed by atoms with E-state index in [4.69, 9.17) is 9.47 Å². The first-order valence-electron chi connectivity index (χ1n) is 7.39. The van der Waals surface area contributed by atoms with Crippen molar-refractivity contribution in [1.82, 2.24) is 0 Å². The third kappa shape index (κ3) is 2.22. The predicted octanol–water partition coefficient (Wildman–Crippen LogP) is 3.71. The molecular weight excluding hydrogens is 252 g/mol. The van der Waals surface area contributed by atoms with Crippen molar-refractivity contribution < 1.29 is 14.3 Å². The minimum Gasteiger partial charge on any atom is -0.435 e. The zero-order chi connectivity index (χ0) is 15.0. The SMILES string of the molecule is C=CCOCOC(=O)C(=C)C1CC2CCC1(C)C2(C)C. The molecule has 2 fully saturated rings. The molecule has 0 heterocycles. The van der Waals surface area contributed by atoms with E-state index < -0.39 is 0 Å². The highest BCUT2D eigenvalue weighted by Crippen LogP contribution is 2.69. The van der Waals surface area contributed by atoms with Crippen LogP contribution in [0.2, 0.25) is 0 Å². The summed E-state index contributed by atoms with van der Waals surface area (Å²) in [6, 6.07) is 0. The van der Waals surface area contributed by atoms with Gasteiger partial charge in [-0.1, -0.05) is 33.4 Å². The zero-order valence-corrected chi connectivity index (χ0v) is 12.9. The number of rotatable bonds is 6. The molecule has 0 aliphatic heterocycles. The largest absolute Gasteiger partial charge is 0.435 e. The second-order valence-corrected chi connectivity index (χ2v) is 6.90. The van der Waals surface area contributed by atoms with Crippen molar-refractivity contribution in [3.05, 3.63) is 24.8 Å². The molecule has 0 aromatic carbocycles. The van der Waals surface area contributed by atoms with Crippen LogP contribution in [0.4, 0.5) is 0 Å². The van der Waals surface area contributed by atoms with Crippen molar-refractivity contribution in [1.29, 1.82) is 0 Å². The Balaban J connectivity index is 1.97. The molecule has 20 heavy (non-hydrogen) atoms. The van der Waals surface area contributed by atoms with Gasteiger partial charge in [-0.25, -0.2) is 4.79 Å². The number of carbonyl (C=O) groups is 1. The average molecular weight is 278 g/mol. The summed E-state index contributed by atoms with van der Waals surface area (Å²) < 4.78 is 10.2. The molecule has 0 N–H and O–H groups in total. The molecule has 3 heteroatoms. The number of esters is 1. The molecule has 3 unspecified atom stereocenters.